The number of carbonyl (C=O) groups is 3. The van der Waals surface area contributed by atoms with E-state index < -0.39 is 53.7 Å². The van der Waals surface area contributed by atoms with Crippen molar-refractivity contribution in [2.45, 2.75) is 82.3 Å². The Morgan fingerprint density at radius 2 is 1.34 bits per heavy atom. The van der Waals surface area contributed by atoms with Gasteiger partial charge in [-0.3, -0.25) is 28.7 Å². The van der Waals surface area contributed by atoms with E-state index in [0.717, 1.165) is 10.6 Å². The number of hydrogen-bond donors (Lipinski definition) is 4. The van der Waals surface area contributed by atoms with E-state index in [1.54, 1.807) is 0 Å². The Bertz CT molecular complexity index is 1010. The standard InChI is InChI=1S/C24H39N5O9/c25-11-4-1-7-18(31)35-15-16-21(37-19(32)8-2-5-12-26)22(38-20(33)9-3-6-13-27)23(36-16)29-14-10-17(30)28-24(29)34/h10,14,16,21-23H,1-9,11-13,15,25-27H2,(H,28,30,34)/t16-,21-,22-,23-/m1/s1. The number of H-pyrrole nitrogens is 1. The van der Waals surface area contributed by atoms with E-state index in [2.05, 4.69) is 4.98 Å². The van der Waals surface area contributed by atoms with Crippen molar-refractivity contribution in [2.24, 2.45) is 17.2 Å². The lowest BCUT2D eigenvalue weighted by Gasteiger charge is -2.25. The Hall–Kier alpha value is -3.07. The maximum absolute atomic E-state index is 12.6. The van der Waals surface area contributed by atoms with Crippen molar-refractivity contribution in [1.82, 2.24) is 9.55 Å². The number of rotatable bonds is 17. The minimum Gasteiger partial charge on any atom is -0.463 e. The number of esters is 3. The Balaban J connectivity index is 2.31. The van der Waals surface area contributed by atoms with E-state index >= 15 is 0 Å². The quantitative estimate of drug-likeness (QED) is 0.108. The summed E-state index contributed by atoms with van der Waals surface area (Å²) in [6, 6.07) is 1.10. The first-order valence-electron chi connectivity index (χ1n) is 12.9. The summed E-state index contributed by atoms with van der Waals surface area (Å²) in [5.41, 5.74) is 15.0. The van der Waals surface area contributed by atoms with Gasteiger partial charge in [-0.05, 0) is 58.2 Å². The van der Waals surface area contributed by atoms with Crippen LogP contribution in [0.1, 0.15) is 64.0 Å². The first-order valence-corrected chi connectivity index (χ1v) is 12.9. The summed E-state index contributed by atoms with van der Waals surface area (Å²) in [7, 11) is 0. The highest BCUT2D eigenvalue weighted by Crippen LogP contribution is 2.34. The van der Waals surface area contributed by atoms with Crippen LogP contribution in [-0.4, -0.2) is 72.0 Å². The van der Waals surface area contributed by atoms with E-state index in [1.165, 1.54) is 6.20 Å². The minimum absolute atomic E-state index is 0.0406. The van der Waals surface area contributed by atoms with E-state index in [-0.39, 0.29) is 25.9 Å². The topological polar surface area (TPSA) is 221 Å². The monoisotopic (exact) mass is 541 g/mol. The van der Waals surface area contributed by atoms with Gasteiger partial charge in [0.1, 0.15) is 12.7 Å². The average Bonchev–Trinajstić information content (AvgIpc) is 3.19. The lowest BCUT2D eigenvalue weighted by atomic mass is 10.1. The number of carbonyl (C=O) groups excluding carboxylic acids is 3. The molecule has 14 heteroatoms. The van der Waals surface area contributed by atoms with Gasteiger partial charge < -0.3 is 36.1 Å². The first kappa shape index (κ1) is 31.1. The molecule has 1 aromatic heterocycles. The summed E-state index contributed by atoms with van der Waals surface area (Å²) in [6.45, 7) is 0.924. The molecule has 0 aromatic carbocycles. The molecule has 0 spiro atoms. The second kappa shape index (κ2) is 16.7. The number of nitrogens with two attached hydrogens (primary N) is 3. The largest absolute Gasteiger partial charge is 0.463 e. The van der Waals surface area contributed by atoms with Crippen molar-refractivity contribution in [3.8, 4) is 0 Å². The molecule has 14 nitrogen and oxygen atoms in total. The number of ether oxygens (including phenoxy) is 4. The molecule has 214 valence electrons. The summed E-state index contributed by atoms with van der Waals surface area (Å²) in [5.74, 6) is -1.71. The second-order valence-corrected chi connectivity index (χ2v) is 8.91. The van der Waals surface area contributed by atoms with Crippen LogP contribution in [0.25, 0.3) is 0 Å². The number of aromatic amines is 1. The fourth-order valence-electron chi connectivity index (χ4n) is 3.87. The first-order chi connectivity index (χ1) is 18.3. The van der Waals surface area contributed by atoms with Gasteiger partial charge in [0.25, 0.3) is 5.56 Å². The normalized spacial score (nSPS) is 20.7. The SMILES string of the molecule is NCCCCC(=O)OC[C@H]1O[C@@H](n2ccc(=O)[nH]c2=O)[C@H](OC(=O)CCCCN)[C@@H]1OC(=O)CCCCN. The van der Waals surface area contributed by atoms with Crippen LogP contribution in [0, 0.1) is 0 Å². The van der Waals surface area contributed by atoms with Crippen molar-refractivity contribution in [1.29, 1.82) is 0 Å². The van der Waals surface area contributed by atoms with Crippen molar-refractivity contribution >= 4 is 17.9 Å². The Kier molecular flexibility index (Phi) is 13.7. The molecule has 4 atom stereocenters. The number of nitrogens with one attached hydrogen (secondary N) is 1. The van der Waals surface area contributed by atoms with Gasteiger partial charge in [0.2, 0.25) is 0 Å². The molecule has 1 aliphatic heterocycles. The van der Waals surface area contributed by atoms with Crippen LogP contribution in [-0.2, 0) is 33.3 Å². The van der Waals surface area contributed by atoms with Crippen molar-refractivity contribution in [2.75, 3.05) is 26.2 Å². The molecular weight excluding hydrogens is 502 g/mol. The number of unbranched alkanes of at least 4 members (excludes halogenated alkanes) is 3. The van der Waals surface area contributed by atoms with Crippen LogP contribution in [0.4, 0.5) is 0 Å². The van der Waals surface area contributed by atoms with E-state index in [9.17, 15) is 24.0 Å². The van der Waals surface area contributed by atoms with Crippen LogP contribution in [0.2, 0.25) is 0 Å². The van der Waals surface area contributed by atoms with Gasteiger partial charge >= 0.3 is 23.6 Å². The van der Waals surface area contributed by atoms with Crippen LogP contribution in [0.3, 0.4) is 0 Å². The molecule has 7 N–H and O–H groups in total. The molecule has 2 heterocycles. The third kappa shape index (κ3) is 10.0. The summed E-state index contributed by atoms with van der Waals surface area (Å²) in [4.78, 5) is 63.7. The molecule has 0 saturated carbocycles. The van der Waals surface area contributed by atoms with Gasteiger partial charge in [-0.15, -0.1) is 0 Å². The van der Waals surface area contributed by atoms with Crippen LogP contribution in [0.5, 0.6) is 0 Å². The zero-order chi connectivity index (χ0) is 27.9. The number of hydrogen-bond acceptors (Lipinski definition) is 12. The third-order valence-corrected chi connectivity index (χ3v) is 5.86. The predicted molar refractivity (Wildman–Crippen MR) is 135 cm³/mol. The second-order valence-electron chi connectivity index (χ2n) is 8.91. The van der Waals surface area contributed by atoms with E-state index in [1.807, 2.05) is 0 Å². The predicted octanol–water partition coefficient (Wildman–Crippen LogP) is -0.812. The molecule has 1 saturated heterocycles. The number of aromatic nitrogens is 2. The average molecular weight is 542 g/mol. The summed E-state index contributed by atoms with van der Waals surface area (Å²) in [6.07, 6.45) is -0.0136. The number of nitrogens with zero attached hydrogens (tertiary/aromatic N) is 1. The molecule has 38 heavy (non-hydrogen) atoms. The Morgan fingerprint density at radius 1 is 0.816 bits per heavy atom. The highest BCUT2D eigenvalue weighted by molar-refractivity contribution is 5.71. The summed E-state index contributed by atoms with van der Waals surface area (Å²) < 4.78 is 23.7. The van der Waals surface area contributed by atoms with Crippen molar-refractivity contribution < 1.29 is 33.3 Å². The highest BCUT2D eigenvalue weighted by Gasteiger charge is 2.51. The van der Waals surface area contributed by atoms with Crippen molar-refractivity contribution in [3.05, 3.63) is 33.1 Å². The zero-order valence-electron chi connectivity index (χ0n) is 21.5. The Labute approximate surface area is 220 Å². The van der Waals surface area contributed by atoms with Crippen LogP contribution >= 0.6 is 0 Å². The highest BCUT2D eigenvalue weighted by atomic mass is 16.7. The minimum atomic E-state index is -1.26. The van der Waals surface area contributed by atoms with Gasteiger partial charge in [-0.25, -0.2) is 4.79 Å². The molecule has 0 amide bonds. The fourth-order valence-corrected chi connectivity index (χ4v) is 3.87. The van der Waals surface area contributed by atoms with Gasteiger partial charge in [-0.2, -0.15) is 0 Å². The maximum Gasteiger partial charge on any atom is 0.330 e. The Morgan fingerprint density at radius 3 is 1.87 bits per heavy atom. The smallest absolute Gasteiger partial charge is 0.330 e. The third-order valence-electron chi connectivity index (χ3n) is 5.86. The molecule has 0 unspecified atom stereocenters. The van der Waals surface area contributed by atoms with E-state index in [4.69, 9.17) is 36.1 Å². The molecule has 1 aliphatic rings. The zero-order valence-corrected chi connectivity index (χ0v) is 21.5. The van der Waals surface area contributed by atoms with Crippen LogP contribution in [0.15, 0.2) is 21.9 Å². The molecule has 0 aliphatic carbocycles. The summed E-state index contributed by atoms with van der Waals surface area (Å²) in [5, 5.41) is 0. The fraction of sp³-hybridized carbons (Fsp3) is 0.708. The molecule has 2 rings (SSSR count). The molecule has 1 aromatic rings. The lowest BCUT2D eigenvalue weighted by molar-refractivity contribution is -0.169. The molecule has 0 bridgehead atoms. The van der Waals surface area contributed by atoms with E-state index in [0.29, 0.717) is 58.2 Å². The summed E-state index contributed by atoms with van der Waals surface area (Å²) >= 11 is 0. The molecule has 0 radical (unpaired) electrons. The van der Waals surface area contributed by atoms with Gasteiger partial charge in [0, 0.05) is 31.5 Å². The van der Waals surface area contributed by atoms with Crippen LogP contribution < -0.4 is 28.5 Å². The molecular formula is C24H39N5O9. The van der Waals surface area contributed by atoms with Gasteiger partial charge in [0.05, 0.1) is 0 Å². The van der Waals surface area contributed by atoms with Crippen molar-refractivity contribution in [3.63, 3.8) is 0 Å². The van der Waals surface area contributed by atoms with Gasteiger partial charge in [0.15, 0.2) is 18.4 Å². The lowest BCUT2D eigenvalue weighted by Crippen LogP contribution is -2.43. The van der Waals surface area contributed by atoms with Gasteiger partial charge in [-0.1, -0.05) is 0 Å². The molecule has 1 fully saturated rings. The maximum atomic E-state index is 12.6.